The highest BCUT2D eigenvalue weighted by molar-refractivity contribution is 5.70. The summed E-state index contributed by atoms with van der Waals surface area (Å²) in [4.78, 5) is 21.3. The van der Waals surface area contributed by atoms with Crippen molar-refractivity contribution in [2.45, 2.75) is 20.0 Å². The standard InChI is InChI=1S/C20H21N5O2/c1-15-8-10-16(11-9-15)12-21-19-18(25(26)27)20(23-14-22-19)24(2)13-17-6-4-3-5-7-17/h3-11,14H,12-13H2,1-2H3,(H,21,22,23). The molecule has 0 bridgehead atoms. The molecule has 0 saturated heterocycles. The second-order valence-corrected chi connectivity index (χ2v) is 6.33. The van der Waals surface area contributed by atoms with E-state index in [0.717, 1.165) is 16.7 Å². The molecule has 3 rings (SSSR count). The van der Waals surface area contributed by atoms with Crippen molar-refractivity contribution in [3.63, 3.8) is 0 Å². The Bertz CT molecular complexity index is 913. The summed E-state index contributed by atoms with van der Waals surface area (Å²) >= 11 is 0. The van der Waals surface area contributed by atoms with Gasteiger partial charge in [0.05, 0.1) is 4.92 Å². The lowest BCUT2D eigenvalue weighted by Gasteiger charge is -2.19. The first-order valence-electron chi connectivity index (χ1n) is 8.58. The van der Waals surface area contributed by atoms with E-state index in [4.69, 9.17) is 0 Å². The molecule has 0 radical (unpaired) electrons. The van der Waals surface area contributed by atoms with Crippen molar-refractivity contribution in [3.05, 3.63) is 87.7 Å². The molecule has 2 aromatic carbocycles. The minimum Gasteiger partial charge on any atom is -0.360 e. The molecule has 27 heavy (non-hydrogen) atoms. The zero-order valence-corrected chi connectivity index (χ0v) is 15.3. The van der Waals surface area contributed by atoms with E-state index in [1.54, 1.807) is 11.9 Å². The zero-order valence-electron chi connectivity index (χ0n) is 15.3. The average Bonchev–Trinajstić information content (AvgIpc) is 2.68. The molecule has 3 aromatic rings. The van der Waals surface area contributed by atoms with Gasteiger partial charge in [-0.3, -0.25) is 10.1 Å². The van der Waals surface area contributed by atoms with Gasteiger partial charge in [-0.25, -0.2) is 9.97 Å². The Morgan fingerprint density at radius 1 is 1.04 bits per heavy atom. The van der Waals surface area contributed by atoms with E-state index in [-0.39, 0.29) is 17.3 Å². The number of benzene rings is 2. The van der Waals surface area contributed by atoms with Gasteiger partial charge in [-0.15, -0.1) is 0 Å². The average molecular weight is 363 g/mol. The Hall–Kier alpha value is -3.48. The highest BCUT2D eigenvalue weighted by atomic mass is 16.6. The van der Waals surface area contributed by atoms with Crippen molar-refractivity contribution in [1.29, 1.82) is 0 Å². The summed E-state index contributed by atoms with van der Waals surface area (Å²) in [5, 5.41) is 14.8. The summed E-state index contributed by atoms with van der Waals surface area (Å²) in [5.74, 6) is 0.496. The molecule has 0 atom stereocenters. The quantitative estimate of drug-likeness (QED) is 0.505. The van der Waals surface area contributed by atoms with Gasteiger partial charge >= 0.3 is 5.69 Å². The lowest BCUT2D eigenvalue weighted by atomic mass is 10.1. The van der Waals surface area contributed by atoms with Gasteiger partial charge < -0.3 is 10.2 Å². The zero-order chi connectivity index (χ0) is 19.2. The summed E-state index contributed by atoms with van der Waals surface area (Å²) in [5.41, 5.74) is 3.11. The van der Waals surface area contributed by atoms with Crippen LogP contribution in [-0.2, 0) is 13.1 Å². The number of hydrogen-bond donors (Lipinski definition) is 1. The Labute approximate surface area is 157 Å². The van der Waals surface area contributed by atoms with Gasteiger partial charge in [0.25, 0.3) is 0 Å². The van der Waals surface area contributed by atoms with Crippen LogP contribution in [0.2, 0.25) is 0 Å². The number of aryl methyl sites for hydroxylation is 1. The van der Waals surface area contributed by atoms with Gasteiger partial charge in [-0.1, -0.05) is 60.2 Å². The number of hydrogen-bond acceptors (Lipinski definition) is 6. The fourth-order valence-electron chi connectivity index (χ4n) is 2.77. The predicted molar refractivity (Wildman–Crippen MR) is 106 cm³/mol. The molecular weight excluding hydrogens is 342 g/mol. The third-order valence-corrected chi connectivity index (χ3v) is 4.19. The molecule has 7 heteroatoms. The van der Waals surface area contributed by atoms with Crippen LogP contribution in [0.3, 0.4) is 0 Å². The molecule has 0 amide bonds. The normalized spacial score (nSPS) is 10.4. The molecule has 0 saturated carbocycles. The number of nitrogens with zero attached hydrogens (tertiary/aromatic N) is 4. The van der Waals surface area contributed by atoms with Gasteiger partial charge in [-0.05, 0) is 18.1 Å². The molecule has 0 aliphatic carbocycles. The van der Waals surface area contributed by atoms with E-state index in [2.05, 4.69) is 15.3 Å². The topological polar surface area (TPSA) is 84.2 Å². The van der Waals surface area contributed by atoms with Crippen LogP contribution in [0, 0.1) is 17.0 Å². The second-order valence-electron chi connectivity index (χ2n) is 6.33. The molecule has 0 unspecified atom stereocenters. The van der Waals surface area contributed by atoms with Crippen molar-refractivity contribution < 1.29 is 4.92 Å². The van der Waals surface area contributed by atoms with Crippen LogP contribution in [0.5, 0.6) is 0 Å². The van der Waals surface area contributed by atoms with Crippen molar-refractivity contribution in [2.75, 3.05) is 17.3 Å². The first-order valence-corrected chi connectivity index (χ1v) is 8.58. The maximum atomic E-state index is 11.7. The number of nitro groups is 1. The van der Waals surface area contributed by atoms with Crippen LogP contribution in [0.1, 0.15) is 16.7 Å². The van der Waals surface area contributed by atoms with Crippen molar-refractivity contribution >= 4 is 17.3 Å². The van der Waals surface area contributed by atoms with Crippen LogP contribution in [0.15, 0.2) is 60.9 Å². The molecular formula is C20H21N5O2. The minimum absolute atomic E-state index is 0.122. The van der Waals surface area contributed by atoms with E-state index in [1.807, 2.05) is 61.5 Å². The van der Waals surface area contributed by atoms with Crippen molar-refractivity contribution in [3.8, 4) is 0 Å². The van der Waals surface area contributed by atoms with Gasteiger partial charge in [0, 0.05) is 20.1 Å². The predicted octanol–water partition coefficient (Wildman–Crippen LogP) is 3.94. The molecule has 1 N–H and O–H groups in total. The molecule has 1 aromatic heterocycles. The van der Waals surface area contributed by atoms with Crippen LogP contribution in [0.25, 0.3) is 0 Å². The van der Waals surface area contributed by atoms with E-state index in [1.165, 1.54) is 6.33 Å². The number of rotatable bonds is 7. The fourth-order valence-corrected chi connectivity index (χ4v) is 2.77. The smallest absolute Gasteiger partial charge is 0.353 e. The molecule has 0 aliphatic heterocycles. The molecule has 7 nitrogen and oxygen atoms in total. The molecule has 0 spiro atoms. The summed E-state index contributed by atoms with van der Waals surface area (Å²) in [6, 6.07) is 17.7. The Morgan fingerprint density at radius 3 is 2.41 bits per heavy atom. The van der Waals surface area contributed by atoms with Crippen LogP contribution < -0.4 is 10.2 Å². The number of aromatic nitrogens is 2. The molecule has 0 fully saturated rings. The first kappa shape index (κ1) is 18.3. The summed E-state index contributed by atoms with van der Waals surface area (Å²) < 4.78 is 0. The minimum atomic E-state index is -0.436. The van der Waals surface area contributed by atoms with Gasteiger partial charge in [0.15, 0.2) is 0 Å². The molecule has 138 valence electrons. The van der Waals surface area contributed by atoms with Gasteiger partial charge in [-0.2, -0.15) is 0 Å². The third-order valence-electron chi connectivity index (χ3n) is 4.19. The van der Waals surface area contributed by atoms with Crippen LogP contribution in [-0.4, -0.2) is 21.9 Å². The van der Waals surface area contributed by atoms with E-state index in [9.17, 15) is 10.1 Å². The fraction of sp³-hybridized carbons (Fsp3) is 0.200. The number of nitrogens with one attached hydrogen (secondary N) is 1. The SMILES string of the molecule is Cc1ccc(CNc2ncnc(N(C)Cc3ccccc3)c2[N+](=O)[O-])cc1. The largest absolute Gasteiger partial charge is 0.360 e. The maximum absolute atomic E-state index is 11.7. The van der Waals surface area contributed by atoms with E-state index >= 15 is 0 Å². The monoisotopic (exact) mass is 363 g/mol. The van der Waals surface area contributed by atoms with Gasteiger partial charge in [0.2, 0.25) is 11.6 Å². The first-order chi connectivity index (χ1) is 13.0. The van der Waals surface area contributed by atoms with Gasteiger partial charge in [0.1, 0.15) is 6.33 Å². The Balaban J connectivity index is 1.83. The summed E-state index contributed by atoms with van der Waals surface area (Å²) in [7, 11) is 1.78. The molecule has 0 aliphatic rings. The summed E-state index contributed by atoms with van der Waals surface area (Å²) in [6.45, 7) is 2.97. The number of anilines is 2. The third kappa shape index (κ3) is 4.58. The van der Waals surface area contributed by atoms with E-state index in [0.29, 0.717) is 13.1 Å². The van der Waals surface area contributed by atoms with Crippen LogP contribution in [0.4, 0.5) is 17.3 Å². The maximum Gasteiger partial charge on any atom is 0.353 e. The van der Waals surface area contributed by atoms with Crippen LogP contribution >= 0.6 is 0 Å². The lowest BCUT2D eigenvalue weighted by molar-refractivity contribution is -0.383. The molecule has 1 heterocycles. The van der Waals surface area contributed by atoms with Crippen molar-refractivity contribution in [2.24, 2.45) is 0 Å². The second kappa shape index (κ2) is 8.27. The Kier molecular flexibility index (Phi) is 5.61. The summed E-state index contributed by atoms with van der Waals surface area (Å²) in [6.07, 6.45) is 1.35. The lowest BCUT2D eigenvalue weighted by Crippen LogP contribution is -2.20. The van der Waals surface area contributed by atoms with Crippen molar-refractivity contribution in [1.82, 2.24) is 9.97 Å². The van der Waals surface area contributed by atoms with E-state index < -0.39 is 4.92 Å². The Morgan fingerprint density at radius 2 is 1.74 bits per heavy atom. The highest BCUT2D eigenvalue weighted by Gasteiger charge is 2.25. The highest BCUT2D eigenvalue weighted by Crippen LogP contribution is 2.32.